The Bertz CT molecular complexity index is 2240. The topological polar surface area (TPSA) is 310 Å². The molecule has 3 fully saturated rings. The van der Waals surface area contributed by atoms with Gasteiger partial charge in [0.2, 0.25) is 11.9 Å². The quantitative estimate of drug-likeness (QED) is 0.179. The van der Waals surface area contributed by atoms with Crippen molar-refractivity contribution in [1.82, 2.24) is 19.9 Å². The van der Waals surface area contributed by atoms with Crippen LogP contribution < -0.4 is 11.1 Å². The van der Waals surface area contributed by atoms with Gasteiger partial charge in [-0.2, -0.15) is 23.7 Å². The standard InChI is InChI=1S/C21H26N4O5S.C12H12N4O4S.C2HF3O.H2O/c1-7-21(9-22)16-14(27-20(5,6)29-16)13(28-21)11-8-31-15-12(11)23-10-24-17(15)25-18(26)30-19(2,3)4;13-2-12(3-17)10(19)7(18)8(20-12)5-1-21-9-6(5)15-4-16-11(9)14;3-2(4,5)1-6;/h8,10,13-14,16H,7H2,1-6H3,(H,23,24,25,26);1,4,7-8,10,17-19H,3H2,(H2,14,15,16);1H;1H2/t13-,14-,16-,21-;7-,8-,10-,12+;;/m00../s1. The minimum absolute atomic E-state index is 0. The fourth-order valence-electron chi connectivity index (χ4n) is 6.39. The van der Waals surface area contributed by atoms with Gasteiger partial charge in [-0.3, -0.25) is 10.1 Å². The number of aliphatic hydroxyl groups excluding tert-OH is 3. The van der Waals surface area contributed by atoms with Crippen LogP contribution in [0.5, 0.6) is 0 Å². The predicted octanol–water partition coefficient (Wildman–Crippen LogP) is 3.55. The van der Waals surface area contributed by atoms with Crippen molar-refractivity contribution in [3.8, 4) is 12.1 Å². The van der Waals surface area contributed by atoms with Crippen molar-refractivity contribution in [2.75, 3.05) is 17.7 Å². The van der Waals surface area contributed by atoms with E-state index in [4.69, 9.17) is 39.5 Å². The number of fused-ring (bicyclic) bond motifs is 3. The third-order valence-corrected chi connectivity index (χ3v) is 11.0. The summed E-state index contributed by atoms with van der Waals surface area (Å²) in [7, 11) is 0. The van der Waals surface area contributed by atoms with E-state index >= 15 is 0 Å². The summed E-state index contributed by atoms with van der Waals surface area (Å²) in [5, 5.41) is 54.8. The molecule has 8 atom stereocenters. The fourth-order valence-corrected chi connectivity index (χ4v) is 8.32. The summed E-state index contributed by atoms with van der Waals surface area (Å²) in [6.07, 6.45) is -8.53. The molecule has 0 aromatic carbocycles. The highest BCUT2D eigenvalue weighted by Crippen LogP contribution is 2.52. The molecule has 3 saturated heterocycles. The summed E-state index contributed by atoms with van der Waals surface area (Å²) in [5.41, 5.74) is 4.57. The highest BCUT2D eigenvalue weighted by atomic mass is 32.1. The average molecular weight is 871 g/mol. The van der Waals surface area contributed by atoms with Crippen LogP contribution in [0.15, 0.2) is 23.4 Å². The molecule has 3 aliphatic heterocycles. The number of amides is 1. The summed E-state index contributed by atoms with van der Waals surface area (Å²) >= 11 is 2.66. The van der Waals surface area contributed by atoms with Gasteiger partial charge in [0.15, 0.2) is 17.2 Å². The van der Waals surface area contributed by atoms with E-state index in [9.17, 15) is 38.5 Å². The molecule has 4 aromatic heterocycles. The Balaban J connectivity index is 0.000000237. The number of alkyl halides is 3. The number of ether oxygens (including phenoxy) is 5. The van der Waals surface area contributed by atoms with Crippen molar-refractivity contribution >= 4 is 67.1 Å². The van der Waals surface area contributed by atoms with Crippen LogP contribution in [0, 0.1) is 22.7 Å². The van der Waals surface area contributed by atoms with Gasteiger partial charge in [0.05, 0.1) is 27.0 Å². The molecular weight excluding hydrogens is 830 g/mol. The summed E-state index contributed by atoms with van der Waals surface area (Å²) in [5.74, 6) is -0.159. The van der Waals surface area contributed by atoms with Crippen LogP contribution in [0.4, 0.5) is 29.6 Å². The van der Waals surface area contributed by atoms with Crippen LogP contribution in [-0.2, 0) is 28.5 Å². The number of aliphatic hydroxyl groups is 3. The number of aldehydes is 1. The molecule has 7 heterocycles. The van der Waals surface area contributed by atoms with E-state index in [0.717, 1.165) is 5.56 Å². The van der Waals surface area contributed by atoms with E-state index in [1.165, 1.54) is 35.3 Å². The maximum atomic E-state index is 12.2. The number of aromatic nitrogens is 4. The Kier molecular flexibility index (Phi) is 13.9. The number of anilines is 2. The molecule has 59 heavy (non-hydrogen) atoms. The zero-order valence-electron chi connectivity index (χ0n) is 32.2. The molecule has 24 heteroatoms. The predicted molar refractivity (Wildman–Crippen MR) is 202 cm³/mol. The molecule has 0 spiro atoms. The zero-order valence-corrected chi connectivity index (χ0v) is 33.8. The van der Waals surface area contributed by atoms with Gasteiger partial charge in [0.25, 0.3) is 0 Å². The lowest BCUT2D eigenvalue weighted by Crippen LogP contribution is -2.44. The van der Waals surface area contributed by atoms with Crippen molar-refractivity contribution in [2.45, 2.75) is 113 Å². The number of nitrogen functional groups attached to an aromatic ring is 1. The Morgan fingerprint density at radius 1 is 0.966 bits per heavy atom. The lowest BCUT2D eigenvalue weighted by atomic mass is 9.92. The number of halogens is 3. The minimum atomic E-state index is -4.64. The normalized spacial score (nSPS) is 28.2. The largest absolute Gasteiger partial charge is 0.446 e. The van der Waals surface area contributed by atoms with Crippen molar-refractivity contribution < 1.29 is 67.2 Å². The molecule has 3 aliphatic rings. The van der Waals surface area contributed by atoms with Crippen molar-refractivity contribution in [1.29, 1.82) is 10.5 Å². The molecule has 19 nitrogen and oxygen atoms in total. The Hall–Kier alpha value is -4.73. The SMILES string of the molecule is CC[C@@]1(C#N)O[C@@H](c2csc3c(NC(=O)OC(C)(C)C)ncnc23)[C@@H]2OC(C)(C)O[C@@H]21.N#C[C@]1(CO)O[C@@H](c2csc3c(N)ncnc23)[C@H](O)[C@@H]1O.O.O=CC(F)(F)F. The van der Waals surface area contributed by atoms with Crippen LogP contribution in [0.2, 0.25) is 0 Å². The number of thiophene rings is 2. The smallest absolute Gasteiger partial charge is 0.444 e. The van der Waals surface area contributed by atoms with E-state index < -0.39 is 84.4 Å². The summed E-state index contributed by atoms with van der Waals surface area (Å²) in [4.78, 5) is 37.5. The average Bonchev–Trinajstić information content (AvgIpc) is 3.96. The monoisotopic (exact) mass is 870 g/mol. The van der Waals surface area contributed by atoms with Gasteiger partial charge in [-0.1, -0.05) is 6.92 Å². The summed E-state index contributed by atoms with van der Waals surface area (Å²) < 4.78 is 61.8. The summed E-state index contributed by atoms with van der Waals surface area (Å²) in [6, 6.07) is 4.03. The van der Waals surface area contributed by atoms with E-state index in [-0.39, 0.29) is 5.48 Å². The Labute approximate surface area is 341 Å². The molecule has 1 amide bonds. The van der Waals surface area contributed by atoms with Crippen molar-refractivity contribution in [2.24, 2.45) is 0 Å². The van der Waals surface area contributed by atoms with Gasteiger partial charge < -0.3 is 50.2 Å². The first-order valence-corrected chi connectivity index (χ1v) is 19.1. The number of nitriles is 2. The molecular formula is C35H41F3N8O11S2. The molecule has 0 unspecified atom stereocenters. The van der Waals surface area contributed by atoms with Gasteiger partial charge in [-0.15, -0.1) is 22.7 Å². The first kappa shape index (κ1) is 47.0. The number of carbonyl (C=O) groups excluding carboxylic acids is 2. The second-order valence-electron chi connectivity index (χ2n) is 14.6. The lowest BCUT2D eigenvalue weighted by Gasteiger charge is -2.28. The number of hydrogen-bond donors (Lipinski definition) is 5. The van der Waals surface area contributed by atoms with Crippen LogP contribution >= 0.6 is 22.7 Å². The first-order chi connectivity index (χ1) is 27.1. The third-order valence-electron chi connectivity index (χ3n) is 8.97. The van der Waals surface area contributed by atoms with E-state index in [1.807, 2.05) is 26.2 Å². The number of rotatable bonds is 5. The third kappa shape index (κ3) is 9.52. The maximum absolute atomic E-state index is 12.2. The number of carbonyl (C=O) groups is 2. The van der Waals surface area contributed by atoms with E-state index in [1.54, 1.807) is 32.2 Å². The number of hydrogen-bond acceptors (Lipinski definition) is 19. The number of nitrogens with zero attached hydrogens (tertiary/aromatic N) is 6. The highest BCUT2D eigenvalue weighted by Gasteiger charge is 2.63. The van der Waals surface area contributed by atoms with Crippen molar-refractivity contribution in [3.05, 3.63) is 34.5 Å². The van der Waals surface area contributed by atoms with Gasteiger partial charge in [-0.25, -0.2) is 24.7 Å². The van der Waals surface area contributed by atoms with Gasteiger partial charge >= 0.3 is 12.3 Å². The second kappa shape index (κ2) is 17.5. The van der Waals surface area contributed by atoms with E-state index in [0.29, 0.717) is 44.1 Å². The number of nitrogens with two attached hydrogens (primary N) is 1. The lowest BCUT2D eigenvalue weighted by molar-refractivity contribution is -0.199. The van der Waals surface area contributed by atoms with Crippen LogP contribution in [0.3, 0.4) is 0 Å². The highest BCUT2D eigenvalue weighted by molar-refractivity contribution is 7.18. The van der Waals surface area contributed by atoms with Crippen LogP contribution in [-0.4, -0.2) is 113 Å². The molecule has 7 rings (SSSR count). The molecule has 0 radical (unpaired) electrons. The maximum Gasteiger partial charge on any atom is 0.446 e. The molecule has 8 N–H and O–H groups in total. The molecule has 0 aliphatic carbocycles. The Morgan fingerprint density at radius 3 is 2.03 bits per heavy atom. The molecule has 320 valence electrons. The second-order valence-corrected chi connectivity index (χ2v) is 16.3. The van der Waals surface area contributed by atoms with E-state index in [2.05, 4.69) is 31.3 Å². The van der Waals surface area contributed by atoms with Crippen LogP contribution in [0.1, 0.15) is 71.3 Å². The molecule has 0 saturated carbocycles. The van der Waals surface area contributed by atoms with Gasteiger partial charge in [0, 0.05) is 11.1 Å². The zero-order chi connectivity index (χ0) is 43.0. The van der Waals surface area contributed by atoms with Crippen molar-refractivity contribution in [3.63, 3.8) is 0 Å². The fraction of sp³-hybridized carbons (Fsp3) is 0.543. The van der Waals surface area contributed by atoms with Gasteiger partial charge in [0.1, 0.15) is 72.8 Å². The minimum Gasteiger partial charge on any atom is -0.444 e. The summed E-state index contributed by atoms with van der Waals surface area (Å²) in [6.45, 7) is 10.2. The Morgan fingerprint density at radius 2 is 1.51 bits per heavy atom. The van der Waals surface area contributed by atoms with Gasteiger partial charge in [-0.05, 0) is 51.8 Å². The first-order valence-electron chi connectivity index (χ1n) is 17.3. The molecule has 0 bridgehead atoms. The number of nitrogens with one attached hydrogen (secondary N) is 1. The molecule has 4 aromatic rings. The van der Waals surface area contributed by atoms with Crippen LogP contribution in [0.25, 0.3) is 20.4 Å².